The summed E-state index contributed by atoms with van der Waals surface area (Å²) in [6, 6.07) is 17.3. The quantitative estimate of drug-likeness (QED) is 0.0588. The smallest absolute Gasteiger partial charge is 0.343 e. The van der Waals surface area contributed by atoms with E-state index in [2.05, 4.69) is 31.9 Å². The molecule has 3 amide bonds. The molecule has 6 atom stereocenters. The Balaban J connectivity index is 1.25. The van der Waals surface area contributed by atoms with Gasteiger partial charge >= 0.3 is 5.97 Å². The molecule has 1 heterocycles. The maximum absolute atomic E-state index is 13.8. The van der Waals surface area contributed by atoms with Crippen molar-refractivity contribution in [2.24, 2.45) is 23.7 Å². The van der Waals surface area contributed by atoms with E-state index in [1.165, 1.54) is 36.4 Å². The number of benzene rings is 3. The Bertz CT molecular complexity index is 1700. The second kappa shape index (κ2) is 11.9. The summed E-state index contributed by atoms with van der Waals surface area (Å²) in [4.78, 5) is 77.9. The highest BCUT2D eigenvalue weighted by molar-refractivity contribution is 9.12. The summed E-state index contributed by atoms with van der Waals surface area (Å²) < 4.78 is 5.41. The molecule has 230 valence electrons. The molecule has 0 unspecified atom stereocenters. The lowest BCUT2D eigenvalue weighted by Gasteiger charge is -2.30. The van der Waals surface area contributed by atoms with Crippen LogP contribution in [0.15, 0.2) is 72.8 Å². The van der Waals surface area contributed by atoms with Gasteiger partial charge in [-0.25, -0.2) is 9.80 Å². The number of hydrogen-bond donors (Lipinski definition) is 0. The molecule has 1 aliphatic heterocycles. The third kappa shape index (κ3) is 5.48. The molecule has 2 saturated carbocycles. The first-order valence-corrected chi connectivity index (χ1v) is 15.9. The lowest BCUT2D eigenvalue weighted by Crippen LogP contribution is -2.52. The van der Waals surface area contributed by atoms with Gasteiger partial charge < -0.3 is 4.74 Å². The second-order valence-electron chi connectivity index (χ2n) is 11.4. The number of Topliss-reactive ketones (excluding diaryl/α,β-unsaturated/α-hetero) is 1. The molecule has 3 aliphatic rings. The molecular weight excluding hydrogens is 714 g/mol. The number of hydrogen-bond acceptors (Lipinski definition) is 8. The van der Waals surface area contributed by atoms with E-state index in [0.717, 1.165) is 27.7 Å². The molecule has 1 saturated heterocycles. The van der Waals surface area contributed by atoms with Crippen LogP contribution in [0.1, 0.15) is 43.1 Å². The first-order chi connectivity index (χ1) is 21.5. The fourth-order valence-corrected chi connectivity index (χ4v) is 8.34. The number of esters is 1. The number of amides is 3. The van der Waals surface area contributed by atoms with Gasteiger partial charge in [-0.3, -0.25) is 29.3 Å². The van der Waals surface area contributed by atoms with Gasteiger partial charge in [-0.15, -0.1) is 0 Å². The highest BCUT2D eigenvalue weighted by Gasteiger charge is 2.67. The summed E-state index contributed by atoms with van der Waals surface area (Å²) in [6.07, 6.45) is 0.683. The summed E-state index contributed by atoms with van der Waals surface area (Å²) in [7, 11) is 0. The standard InChI is InChI=1S/C32H25Br2N3O8/c1-16-2-4-19(5-3-16)32(42)45-21-12-8-17(9-13-21)24(38)15-35(29(39)18-6-10-20(11-7-18)37(43)44)36-30(40)25-22-14-23(26(25)31(36)41)28(34)27(22)33/h2-13,22-23,25-28H,14-15H2,1H3/t22-,23-,25-,26+,27-,28+/m1/s1. The van der Waals surface area contributed by atoms with Gasteiger partial charge in [-0.2, -0.15) is 5.01 Å². The average Bonchev–Trinajstić information content (AvgIpc) is 3.65. The van der Waals surface area contributed by atoms with Gasteiger partial charge in [0.15, 0.2) is 5.78 Å². The lowest BCUT2D eigenvalue weighted by atomic mass is 9.81. The van der Waals surface area contributed by atoms with Crippen LogP contribution in [0.2, 0.25) is 0 Å². The maximum atomic E-state index is 13.8. The highest BCUT2D eigenvalue weighted by atomic mass is 79.9. The zero-order chi connectivity index (χ0) is 32.2. The Morgan fingerprint density at radius 3 is 1.89 bits per heavy atom. The van der Waals surface area contributed by atoms with Crippen molar-refractivity contribution in [3.8, 4) is 5.75 Å². The molecule has 2 bridgehead atoms. The molecule has 6 rings (SSSR count). The first-order valence-electron chi connectivity index (χ1n) is 14.1. The number of rotatable bonds is 8. The summed E-state index contributed by atoms with van der Waals surface area (Å²) in [6.45, 7) is 1.24. The van der Waals surface area contributed by atoms with Crippen LogP contribution >= 0.6 is 31.9 Å². The molecule has 0 radical (unpaired) electrons. The molecule has 11 nitrogen and oxygen atoms in total. The van der Waals surface area contributed by atoms with Crippen molar-refractivity contribution in [1.29, 1.82) is 0 Å². The molecule has 3 aromatic rings. The Kier molecular flexibility index (Phi) is 8.16. The monoisotopic (exact) mass is 737 g/mol. The van der Waals surface area contributed by atoms with Gasteiger partial charge in [-0.1, -0.05) is 49.6 Å². The number of ketones is 1. The Morgan fingerprint density at radius 2 is 1.36 bits per heavy atom. The molecule has 3 fully saturated rings. The van der Waals surface area contributed by atoms with E-state index in [9.17, 15) is 34.1 Å². The molecule has 0 N–H and O–H groups in total. The second-order valence-corrected chi connectivity index (χ2v) is 13.5. The van der Waals surface area contributed by atoms with Gasteiger partial charge in [0, 0.05) is 32.9 Å². The number of aryl methyl sites for hydroxylation is 1. The number of non-ortho nitro benzene ring substituents is 1. The predicted octanol–water partition coefficient (Wildman–Crippen LogP) is 5.14. The van der Waals surface area contributed by atoms with Crippen molar-refractivity contribution in [2.75, 3.05) is 6.54 Å². The minimum Gasteiger partial charge on any atom is -0.423 e. The third-order valence-electron chi connectivity index (χ3n) is 8.73. The van der Waals surface area contributed by atoms with Crippen LogP contribution in [0, 0.1) is 40.7 Å². The Hall–Kier alpha value is -4.23. The number of fused-ring (bicyclic) bond motifs is 5. The minimum atomic E-state index is -0.832. The average molecular weight is 739 g/mol. The van der Waals surface area contributed by atoms with Crippen LogP contribution in [0.3, 0.4) is 0 Å². The third-order valence-corrected chi connectivity index (χ3v) is 11.9. The van der Waals surface area contributed by atoms with E-state index in [1.54, 1.807) is 24.3 Å². The number of imide groups is 1. The Morgan fingerprint density at radius 1 is 0.844 bits per heavy atom. The number of carbonyl (C=O) groups is 5. The van der Waals surface area contributed by atoms with E-state index in [4.69, 9.17) is 4.74 Å². The van der Waals surface area contributed by atoms with Crippen molar-refractivity contribution in [3.63, 3.8) is 0 Å². The zero-order valence-electron chi connectivity index (χ0n) is 23.7. The van der Waals surface area contributed by atoms with E-state index in [-0.39, 0.29) is 44.1 Å². The van der Waals surface area contributed by atoms with E-state index < -0.39 is 52.8 Å². The first kappa shape index (κ1) is 30.8. The molecule has 0 aromatic heterocycles. The van der Waals surface area contributed by atoms with Crippen molar-refractivity contribution in [3.05, 3.63) is 105 Å². The number of alkyl halides is 2. The van der Waals surface area contributed by atoms with Gasteiger partial charge in [0.05, 0.1) is 22.3 Å². The number of hydrazine groups is 1. The summed E-state index contributed by atoms with van der Waals surface area (Å²) >= 11 is 7.29. The van der Waals surface area contributed by atoms with E-state index in [1.807, 2.05) is 6.92 Å². The molecule has 13 heteroatoms. The SMILES string of the molecule is Cc1ccc(C(=O)Oc2ccc(C(=O)CN(C(=O)c3ccc([N+](=O)[O-])cc3)N3C(=O)[C@@H]4[C@H]5C[C@@H]([C@H](Br)[C@@H]5Br)[C@@H]4C3=O)cc2)cc1. The maximum Gasteiger partial charge on any atom is 0.343 e. The van der Waals surface area contributed by atoms with E-state index in [0.29, 0.717) is 12.0 Å². The van der Waals surface area contributed by atoms with Gasteiger partial charge in [0.2, 0.25) is 0 Å². The topological polar surface area (TPSA) is 144 Å². The lowest BCUT2D eigenvalue weighted by molar-refractivity contribution is -0.384. The fraction of sp³-hybridized carbons (Fsp3) is 0.281. The van der Waals surface area contributed by atoms with Gasteiger partial charge in [-0.05, 0) is 73.7 Å². The number of nitrogens with zero attached hydrogens (tertiary/aromatic N) is 3. The summed E-state index contributed by atoms with van der Waals surface area (Å²) in [5.74, 6) is -4.41. The molecule has 45 heavy (non-hydrogen) atoms. The van der Waals surface area contributed by atoms with Crippen molar-refractivity contribution < 1.29 is 33.6 Å². The van der Waals surface area contributed by atoms with Crippen LogP contribution in [0.4, 0.5) is 5.69 Å². The largest absolute Gasteiger partial charge is 0.423 e. The Labute approximate surface area is 273 Å². The van der Waals surface area contributed by atoms with Crippen molar-refractivity contribution >= 4 is 67.0 Å². The number of halogens is 2. The number of nitro groups is 1. The van der Waals surface area contributed by atoms with Crippen molar-refractivity contribution in [2.45, 2.75) is 23.0 Å². The molecule has 2 aliphatic carbocycles. The summed E-state index contributed by atoms with van der Waals surface area (Å²) in [5.41, 5.74) is 1.21. The normalized spacial score (nSPS) is 24.8. The van der Waals surface area contributed by atoms with Crippen LogP contribution in [-0.2, 0) is 9.59 Å². The molecular formula is C32H25Br2N3O8. The minimum absolute atomic E-state index is 0.0282. The fourth-order valence-electron chi connectivity index (χ4n) is 6.47. The van der Waals surface area contributed by atoms with Crippen LogP contribution in [0.5, 0.6) is 5.75 Å². The molecule has 3 aromatic carbocycles. The number of ether oxygens (including phenoxy) is 1. The van der Waals surface area contributed by atoms with E-state index >= 15 is 0 Å². The van der Waals surface area contributed by atoms with Gasteiger partial charge in [0.1, 0.15) is 12.3 Å². The number of carbonyl (C=O) groups excluding carboxylic acids is 5. The van der Waals surface area contributed by atoms with Crippen molar-refractivity contribution in [1.82, 2.24) is 10.0 Å². The number of nitro benzene ring substituents is 1. The highest BCUT2D eigenvalue weighted by Crippen LogP contribution is 2.60. The zero-order valence-corrected chi connectivity index (χ0v) is 26.8. The van der Waals surface area contributed by atoms with Crippen LogP contribution in [-0.4, -0.2) is 60.6 Å². The predicted molar refractivity (Wildman–Crippen MR) is 167 cm³/mol. The van der Waals surface area contributed by atoms with Crippen LogP contribution in [0.25, 0.3) is 0 Å². The summed E-state index contributed by atoms with van der Waals surface area (Å²) in [5, 5.41) is 12.8. The molecule has 0 spiro atoms. The van der Waals surface area contributed by atoms with Crippen LogP contribution < -0.4 is 4.74 Å². The van der Waals surface area contributed by atoms with Gasteiger partial charge in [0.25, 0.3) is 23.4 Å².